The molecule has 162 valence electrons. The highest BCUT2D eigenvalue weighted by Gasteiger charge is 2.32. The van der Waals surface area contributed by atoms with Gasteiger partial charge in [0.1, 0.15) is 12.1 Å². The molecular weight excluding hydrogens is 414 g/mol. The topological polar surface area (TPSA) is 153 Å². The van der Waals surface area contributed by atoms with Crippen molar-refractivity contribution in [2.24, 2.45) is 5.73 Å². The number of hydrogen-bond acceptors (Lipinski definition) is 9. The molecule has 0 aliphatic rings. The Morgan fingerprint density at radius 2 is 1.70 bits per heavy atom. The number of carbonyl (C=O) groups excluding carboxylic acids is 2. The van der Waals surface area contributed by atoms with E-state index in [1.807, 2.05) is 0 Å². The molecule has 0 heterocycles. The number of phenolic OH excluding ortho intramolecular Hbond substituents is 2. The first kappa shape index (κ1) is 23.2. The number of esters is 1. The minimum Gasteiger partial charge on any atom is -0.504 e. The van der Waals surface area contributed by atoms with E-state index in [4.69, 9.17) is 10.5 Å². The maximum absolute atomic E-state index is 12.3. The molecule has 0 spiro atoms. The van der Waals surface area contributed by atoms with Gasteiger partial charge in [0.2, 0.25) is 0 Å². The Morgan fingerprint density at radius 1 is 1.07 bits per heavy atom. The van der Waals surface area contributed by atoms with Gasteiger partial charge in [-0.15, -0.1) is 0 Å². The first-order chi connectivity index (χ1) is 14.0. The summed E-state index contributed by atoms with van der Waals surface area (Å²) < 4.78 is 32.3. The molecule has 0 aromatic heterocycles. The average Bonchev–Trinajstić information content (AvgIpc) is 2.67. The van der Waals surface area contributed by atoms with Crippen molar-refractivity contribution in [1.82, 2.24) is 0 Å². The fraction of sp³-hybridized carbons (Fsp3) is 0.300. The van der Waals surface area contributed by atoms with Gasteiger partial charge in [-0.3, -0.25) is 0 Å². The molecule has 9 nitrogen and oxygen atoms in total. The van der Waals surface area contributed by atoms with Gasteiger partial charge in [-0.1, -0.05) is 24.3 Å². The molecule has 30 heavy (non-hydrogen) atoms. The number of hydrogen-bond donors (Lipinski definition) is 3. The third kappa shape index (κ3) is 6.46. The molecule has 0 saturated heterocycles. The zero-order valence-electron chi connectivity index (χ0n) is 16.4. The highest BCUT2D eigenvalue weighted by atomic mass is 32.2. The van der Waals surface area contributed by atoms with E-state index >= 15 is 0 Å². The van der Waals surface area contributed by atoms with Gasteiger partial charge in [0, 0.05) is 5.92 Å². The molecule has 0 saturated carbocycles. The van der Waals surface area contributed by atoms with Gasteiger partial charge >= 0.3 is 22.1 Å². The van der Waals surface area contributed by atoms with Crippen molar-refractivity contribution in [2.45, 2.75) is 31.4 Å². The summed E-state index contributed by atoms with van der Waals surface area (Å²) in [5.41, 5.74) is 6.62. The van der Waals surface area contributed by atoms with Crippen molar-refractivity contribution in [2.75, 3.05) is 6.26 Å². The third-order valence-electron chi connectivity index (χ3n) is 4.27. The molecule has 3 atom stereocenters. The van der Waals surface area contributed by atoms with Crippen LogP contribution in [0.25, 0.3) is 0 Å². The average molecular weight is 437 g/mol. The van der Waals surface area contributed by atoms with Crippen LogP contribution in [0.3, 0.4) is 0 Å². The lowest BCUT2D eigenvalue weighted by molar-refractivity contribution is -0.135. The van der Waals surface area contributed by atoms with Gasteiger partial charge in [-0.25, -0.2) is 9.59 Å². The molecule has 2 rings (SSSR count). The van der Waals surface area contributed by atoms with E-state index in [2.05, 4.69) is 4.18 Å². The van der Waals surface area contributed by atoms with E-state index < -0.39 is 45.9 Å². The summed E-state index contributed by atoms with van der Waals surface area (Å²) in [5, 5.41) is 19.3. The Bertz CT molecular complexity index is 1010. The number of ether oxygens (including phenoxy) is 1. The normalized spacial score (nSPS) is 14.4. The van der Waals surface area contributed by atoms with Gasteiger partial charge < -0.3 is 24.9 Å². The Balaban J connectivity index is 2.25. The highest BCUT2D eigenvalue weighted by molar-refractivity contribution is 7.86. The predicted molar refractivity (Wildman–Crippen MR) is 107 cm³/mol. The van der Waals surface area contributed by atoms with Gasteiger partial charge in [0.15, 0.2) is 11.5 Å². The molecule has 0 aliphatic carbocycles. The van der Waals surface area contributed by atoms with Crippen molar-refractivity contribution in [3.05, 3.63) is 59.7 Å². The lowest BCUT2D eigenvalue weighted by Crippen LogP contribution is -2.40. The second kappa shape index (κ2) is 9.59. The summed E-state index contributed by atoms with van der Waals surface area (Å²) in [6.07, 6.45) is 0.00209. The van der Waals surface area contributed by atoms with Crippen molar-refractivity contribution in [3.8, 4) is 11.5 Å². The van der Waals surface area contributed by atoms with Crippen LogP contribution >= 0.6 is 0 Å². The summed E-state index contributed by atoms with van der Waals surface area (Å²) in [6, 6.07) is 10.6. The standard InChI is InChI=1S/C20H23NO8S/c1-12(28-19(24)13-6-4-3-5-7-13)10-15(14-8-9-16(22)17(23)11-14)18(21)20(25)29-30(2,26)27/h3-9,11-12,15,18,22-23H,10,21H2,1-2H3. The first-order valence-electron chi connectivity index (χ1n) is 8.94. The molecule has 4 N–H and O–H groups in total. The number of nitrogens with two attached hydrogens (primary N) is 1. The third-order valence-corrected chi connectivity index (χ3v) is 4.74. The van der Waals surface area contributed by atoms with Gasteiger partial charge in [-0.2, -0.15) is 8.42 Å². The first-order valence-corrected chi connectivity index (χ1v) is 10.8. The Morgan fingerprint density at radius 3 is 2.27 bits per heavy atom. The van der Waals surface area contributed by atoms with Crippen LogP contribution in [0.2, 0.25) is 0 Å². The van der Waals surface area contributed by atoms with Gasteiger partial charge in [0.25, 0.3) is 0 Å². The number of benzene rings is 2. The van der Waals surface area contributed by atoms with E-state index in [1.54, 1.807) is 37.3 Å². The summed E-state index contributed by atoms with van der Waals surface area (Å²) in [6.45, 7) is 1.59. The maximum Gasteiger partial charge on any atom is 0.339 e. The van der Waals surface area contributed by atoms with Crippen molar-refractivity contribution >= 4 is 22.1 Å². The van der Waals surface area contributed by atoms with Crippen molar-refractivity contribution < 1.29 is 37.1 Å². The number of phenols is 2. The quantitative estimate of drug-likeness (QED) is 0.318. The second-order valence-corrected chi connectivity index (χ2v) is 8.38. The van der Waals surface area contributed by atoms with E-state index in [0.29, 0.717) is 17.4 Å². The maximum atomic E-state index is 12.3. The lowest BCUT2D eigenvalue weighted by atomic mass is 9.87. The molecule has 0 amide bonds. The summed E-state index contributed by atoms with van der Waals surface area (Å²) >= 11 is 0. The molecular formula is C20H23NO8S. The lowest BCUT2D eigenvalue weighted by Gasteiger charge is -2.26. The van der Waals surface area contributed by atoms with E-state index in [-0.39, 0.29) is 12.2 Å². The molecule has 0 aliphatic heterocycles. The number of aromatic hydroxyl groups is 2. The van der Waals surface area contributed by atoms with E-state index in [9.17, 15) is 28.2 Å². The highest BCUT2D eigenvalue weighted by Crippen LogP contribution is 2.33. The monoisotopic (exact) mass is 437 g/mol. The number of rotatable bonds is 8. The van der Waals surface area contributed by atoms with Crippen LogP contribution < -0.4 is 5.73 Å². The fourth-order valence-corrected chi connectivity index (χ4v) is 3.27. The fourth-order valence-electron chi connectivity index (χ4n) is 2.86. The number of carbonyl (C=O) groups is 2. The zero-order valence-corrected chi connectivity index (χ0v) is 17.2. The van der Waals surface area contributed by atoms with Gasteiger partial charge in [0.05, 0.1) is 11.8 Å². The Labute approximate surface area is 174 Å². The molecule has 2 aromatic rings. The molecule has 3 unspecified atom stereocenters. The largest absolute Gasteiger partial charge is 0.504 e. The molecule has 0 bridgehead atoms. The van der Waals surface area contributed by atoms with E-state index in [0.717, 1.165) is 0 Å². The molecule has 0 fully saturated rings. The molecule has 2 aromatic carbocycles. The van der Waals surface area contributed by atoms with Crippen molar-refractivity contribution in [1.29, 1.82) is 0 Å². The van der Waals surface area contributed by atoms with Crippen LogP contribution in [-0.2, 0) is 23.8 Å². The smallest absolute Gasteiger partial charge is 0.339 e. The van der Waals surface area contributed by atoms with Crippen LogP contribution in [0, 0.1) is 0 Å². The van der Waals surface area contributed by atoms with Crippen LogP contribution in [0.5, 0.6) is 11.5 Å². The Kier molecular flexibility index (Phi) is 7.41. The summed E-state index contributed by atoms with van der Waals surface area (Å²) in [5.74, 6) is -3.49. The summed E-state index contributed by atoms with van der Waals surface area (Å²) in [4.78, 5) is 24.5. The molecule has 0 radical (unpaired) electrons. The van der Waals surface area contributed by atoms with Crippen molar-refractivity contribution in [3.63, 3.8) is 0 Å². The SMILES string of the molecule is CC(CC(c1ccc(O)c(O)c1)C(N)C(=O)OS(C)(=O)=O)OC(=O)c1ccccc1. The van der Waals surface area contributed by atoms with Crippen LogP contribution in [0.1, 0.15) is 35.2 Å². The second-order valence-electron chi connectivity index (χ2n) is 6.80. The van der Waals surface area contributed by atoms with E-state index in [1.165, 1.54) is 18.2 Å². The molecule has 10 heteroatoms. The Hall–Kier alpha value is -3.11. The van der Waals surface area contributed by atoms with Crippen LogP contribution in [0.15, 0.2) is 48.5 Å². The van der Waals surface area contributed by atoms with Gasteiger partial charge in [-0.05, 0) is 43.2 Å². The van der Waals surface area contributed by atoms with Crippen LogP contribution in [0.4, 0.5) is 0 Å². The predicted octanol–water partition coefficient (Wildman–Crippen LogP) is 1.65. The minimum absolute atomic E-state index is 0.0167. The summed E-state index contributed by atoms with van der Waals surface area (Å²) in [7, 11) is -4.09. The minimum atomic E-state index is -4.09. The zero-order chi connectivity index (χ0) is 22.5. The van der Waals surface area contributed by atoms with Crippen LogP contribution in [-0.4, -0.2) is 49.0 Å².